The van der Waals surface area contributed by atoms with E-state index in [1.807, 2.05) is 0 Å². The number of carbonyl (C=O) groups excluding carboxylic acids is 1. The fourth-order valence-corrected chi connectivity index (χ4v) is 1.22. The third-order valence-electron chi connectivity index (χ3n) is 2.19. The first-order valence-electron chi connectivity index (χ1n) is 5.36. The number of nitrogens with one attached hydrogen (secondary N) is 1. The number of hydrogen-bond donors (Lipinski definition) is 2. The molecule has 0 bridgehead atoms. The highest BCUT2D eigenvalue weighted by Gasteiger charge is 2.05. The summed E-state index contributed by atoms with van der Waals surface area (Å²) in [5.41, 5.74) is 6.91. The smallest absolute Gasteiger partial charge is 0.246 e. The predicted molar refractivity (Wildman–Crippen MR) is 59.7 cm³/mol. The van der Waals surface area contributed by atoms with E-state index in [2.05, 4.69) is 19.2 Å². The van der Waals surface area contributed by atoms with Crippen LogP contribution in [-0.2, 0) is 4.79 Å². The second-order valence-electron chi connectivity index (χ2n) is 3.50. The molecule has 0 aliphatic carbocycles. The van der Waals surface area contributed by atoms with Crippen molar-refractivity contribution in [1.29, 1.82) is 0 Å². The van der Waals surface area contributed by atoms with E-state index >= 15 is 0 Å². The maximum atomic E-state index is 11.0. The van der Waals surface area contributed by atoms with Crippen LogP contribution in [0.5, 0.6) is 0 Å². The zero-order valence-electron chi connectivity index (χ0n) is 9.52. The molecule has 1 amide bonds. The number of carbonyl (C=O) groups is 1. The van der Waals surface area contributed by atoms with Crippen LogP contribution < -0.4 is 11.1 Å². The van der Waals surface area contributed by atoms with Crippen molar-refractivity contribution >= 4 is 5.91 Å². The minimum atomic E-state index is -0.322. The zero-order chi connectivity index (χ0) is 11.0. The topological polar surface area (TPSA) is 55.1 Å². The molecule has 0 saturated carbocycles. The van der Waals surface area contributed by atoms with Crippen LogP contribution in [0.4, 0.5) is 0 Å². The van der Waals surface area contributed by atoms with E-state index in [1.165, 1.54) is 0 Å². The maximum Gasteiger partial charge on any atom is 0.246 e. The molecular formula is C11H22N2O. The summed E-state index contributed by atoms with van der Waals surface area (Å²) in [6.45, 7) is 6.95. The monoisotopic (exact) mass is 198 g/mol. The highest BCUT2D eigenvalue weighted by molar-refractivity contribution is 5.91. The van der Waals surface area contributed by atoms with E-state index in [0.29, 0.717) is 5.57 Å². The lowest BCUT2D eigenvalue weighted by Crippen LogP contribution is -2.22. The Morgan fingerprint density at radius 3 is 2.36 bits per heavy atom. The molecule has 14 heavy (non-hydrogen) atoms. The van der Waals surface area contributed by atoms with Crippen molar-refractivity contribution < 1.29 is 4.79 Å². The average Bonchev–Trinajstić information content (AvgIpc) is 2.15. The van der Waals surface area contributed by atoms with Crippen molar-refractivity contribution in [2.75, 3.05) is 6.54 Å². The largest absolute Gasteiger partial charge is 0.388 e. The Hall–Kier alpha value is -0.990. The van der Waals surface area contributed by atoms with Gasteiger partial charge in [-0.25, -0.2) is 0 Å². The van der Waals surface area contributed by atoms with Crippen molar-refractivity contribution in [3.63, 3.8) is 0 Å². The fourth-order valence-electron chi connectivity index (χ4n) is 1.22. The Morgan fingerprint density at radius 2 is 1.93 bits per heavy atom. The van der Waals surface area contributed by atoms with E-state index < -0.39 is 0 Å². The summed E-state index contributed by atoms with van der Waals surface area (Å²) in [6, 6.07) is 0. The van der Waals surface area contributed by atoms with E-state index in [0.717, 1.165) is 37.9 Å². The lowest BCUT2D eigenvalue weighted by molar-refractivity contribution is -0.114. The number of unbranched alkanes of at least 4 members (excludes halogenated alkanes) is 1. The van der Waals surface area contributed by atoms with E-state index in [4.69, 9.17) is 5.73 Å². The molecule has 0 rings (SSSR count). The second kappa shape index (κ2) is 7.42. The van der Waals surface area contributed by atoms with Gasteiger partial charge in [0.15, 0.2) is 0 Å². The molecular weight excluding hydrogens is 176 g/mol. The Morgan fingerprint density at radius 1 is 1.29 bits per heavy atom. The van der Waals surface area contributed by atoms with Gasteiger partial charge in [0.1, 0.15) is 0 Å². The Bertz CT molecular complexity index is 209. The van der Waals surface area contributed by atoms with E-state index in [-0.39, 0.29) is 5.91 Å². The molecule has 0 saturated heterocycles. The summed E-state index contributed by atoms with van der Waals surface area (Å²) in [4.78, 5) is 11.0. The van der Waals surface area contributed by atoms with E-state index in [1.54, 1.807) is 6.92 Å². The van der Waals surface area contributed by atoms with Gasteiger partial charge in [-0.2, -0.15) is 0 Å². The summed E-state index contributed by atoms with van der Waals surface area (Å²) in [6.07, 6.45) is 4.21. The quantitative estimate of drug-likeness (QED) is 0.485. The maximum absolute atomic E-state index is 11.0. The summed E-state index contributed by atoms with van der Waals surface area (Å²) >= 11 is 0. The number of allylic oxidation sites excluding steroid dienone is 1. The molecule has 0 radical (unpaired) electrons. The van der Waals surface area contributed by atoms with E-state index in [9.17, 15) is 4.79 Å². The summed E-state index contributed by atoms with van der Waals surface area (Å²) in [5.74, 6) is -0.322. The highest BCUT2D eigenvalue weighted by Crippen LogP contribution is 2.07. The third-order valence-corrected chi connectivity index (χ3v) is 2.19. The van der Waals surface area contributed by atoms with Crippen molar-refractivity contribution in [1.82, 2.24) is 5.32 Å². The lowest BCUT2D eigenvalue weighted by Gasteiger charge is -2.12. The number of primary amides is 1. The van der Waals surface area contributed by atoms with Gasteiger partial charge in [-0.05, 0) is 19.8 Å². The number of amides is 1. The molecule has 82 valence electrons. The van der Waals surface area contributed by atoms with Crippen LogP contribution in [0, 0.1) is 0 Å². The predicted octanol–water partition coefficient (Wildman–Crippen LogP) is 1.94. The molecule has 0 spiro atoms. The van der Waals surface area contributed by atoms with Gasteiger partial charge < -0.3 is 11.1 Å². The molecule has 0 aromatic rings. The van der Waals surface area contributed by atoms with Gasteiger partial charge in [0.2, 0.25) is 5.91 Å². The highest BCUT2D eigenvalue weighted by atomic mass is 16.1. The Balaban J connectivity index is 4.27. The van der Waals surface area contributed by atoms with Crippen LogP contribution in [0.15, 0.2) is 11.3 Å². The molecule has 0 atom stereocenters. The molecule has 3 heteroatoms. The van der Waals surface area contributed by atoms with Crippen LogP contribution >= 0.6 is 0 Å². The SMILES string of the molecule is CCCCN/C(CCC)=C(/C)C(N)=O. The minimum Gasteiger partial charge on any atom is -0.388 e. The first-order chi connectivity index (χ1) is 6.63. The van der Waals surface area contributed by atoms with Crippen molar-refractivity contribution in [2.24, 2.45) is 5.73 Å². The molecule has 0 aromatic heterocycles. The summed E-state index contributed by atoms with van der Waals surface area (Å²) in [7, 11) is 0. The van der Waals surface area contributed by atoms with Gasteiger partial charge in [-0.15, -0.1) is 0 Å². The molecule has 3 nitrogen and oxygen atoms in total. The number of rotatable bonds is 7. The van der Waals surface area contributed by atoms with Crippen molar-refractivity contribution in [2.45, 2.75) is 46.5 Å². The Kier molecular flexibility index (Phi) is 6.89. The van der Waals surface area contributed by atoms with Crippen LogP contribution in [0.25, 0.3) is 0 Å². The minimum absolute atomic E-state index is 0.322. The summed E-state index contributed by atoms with van der Waals surface area (Å²) in [5, 5.41) is 3.28. The fraction of sp³-hybridized carbons (Fsp3) is 0.727. The van der Waals surface area contributed by atoms with Crippen LogP contribution in [0.2, 0.25) is 0 Å². The van der Waals surface area contributed by atoms with Gasteiger partial charge in [0, 0.05) is 17.8 Å². The van der Waals surface area contributed by atoms with Crippen molar-refractivity contribution in [3.05, 3.63) is 11.3 Å². The first-order valence-corrected chi connectivity index (χ1v) is 5.36. The van der Waals surface area contributed by atoms with Gasteiger partial charge in [0.05, 0.1) is 0 Å². The van der Waals surface area contributed by atoms with Gasteiger partial charge >= 0.3 is 0 Å². The molecule has 0 fully saturated rings. The van der Waals surface area contributed by atoms with Crippen LogP contribution in [0.1, 0.15) is 46.5 Å². The van der Waals surface area contributed by atoms with Crippen LogP contribution in [-0.4, -0.2) is 12.5 Å². The Labute approximate surface area is 86.8 Å². The molecule has 3 N–H and O–H groups in total. The van der Waals surface area contributed by atoms with Gasteiger partial charge in [0.25, 0.3) is 0 Å². The number of nitrogens with two attached hydrogens (primary N) is 1. The molecule has 0 aromatic carbocycles. The third kappa shape index (κ3) is 4.90. The van der Waals surface area contributed by atoms with Crippen molar-refractivity contribution in [3.8, 4) is 0 Å². The lowest BCUT2D eigenvalue weighted by atomic mass is 10.1. The summed E-state index contributed by atoms with van der Waals surface area (Å²) < 4.78 is 0. The molecule has 0 aliphatic rings. The standard InChI is InChI=1S/C11H22N2O/c1-4-6-8-13-10(7-5-2)9(3)11(12)14/h13H,4-8H2,1-3H3,(H2,12,14)/b10-9-. The average molecular weight is 198 g/mol. The normalized spacial score (nSPS) is 12.2. The van der Waals surface area contributed by atoms with Gasteiger partial charge in [-0.3, -0.25) is 4.79 Å². The molecule has 0 heterocycles. The first kappa shape index (κ1) is 13.0. The number of hydrogen-bond acceptors (Lipinski definition) is 2. The zero-order valence-corrected chi connectivity index (χ0v) is 9.52. The molecule has 0 aliphatic heterocycles. The second-order valence-corrected chi connectivity index (χ2v) is 3.50. The van der Waals surface area contributed by atoms with Gasteiger partial charge in [-0.1, -0.05) is 26.7 Å². The van der Waals surface area contributed by atoms with Crippen LogP contribution in [0.3, 0.4) is 0 Å². The molecule has 0 unspecified atom stereocenters.